The predicted molar refractivity (Wildman–Crippen MR) is 178 cm³/mol. The fourth-order valence-electron chi connectivity index (χ4n) is 7.86. The number of carbonyl (C=O) groups excluding carboxylic acids is 1. The fourth-order valence-corrected chi connectivity index (χ4v) is 7.86. The first-order chi connectivity index (χ1) is 22.4. The van der Waals surface area contributed by atoms with E-state index in [1.807, 2.05) is 42.3 Å². The van der Waals surface area contributed by atoms with E-state index < -0.39 is 0 Å². The zero-order chi connectivity index (χ0) is 31.3. The van der Waals surface area contributed by atoms with Gasteiger partial charge in [0.05, 0.1) is 35.6 Å². The van der Waals surface area contributed by atoms with Gasteiger partial charge in [0.1, 0.15) is 11.3 Å². The molecule has 3 aliphatic rings. The van der Waals surface area contributed by atoms with E-state index in [1.165, 1.54) is 19.0 Å². The Kier molecular flexibility index (Phi) is 5.96. The molecule has 3 aromatic carbocycles. The van der Waals surface area contributed by atoms with Gasteiger partial charge in [0, 0.05) is 48.7 Å². The molecule has 10 heteroatoms. The molecule has 0 spiro atoms. The summed E-state index contributed by atoms with van der Waals surface area (Å²) in [5, 5.41) is 1.14. The van der Waals surface area contributed by atoms with Gasteiger partial charge in [0.15, 0.2) is 5.82 Å². The molecule has 9 rings (SSSR count). The van der Waals surface area contributed by atoms with Crippen molar-refractivity contribution >= 4 is 38.9 Å². The number of piperidine rings is 1. The lowest BCUT2D eigenvalue weighted by atomic mass is 10.0. The molecule has 1 aliphatic heterocycles. The number of H-pyrrole nitrogens is 1. The Labute approximate surface area is 264 Å². The number of nitrogens with one attached hydrogen (secondary N) is 1. The van der Waals surface area contributed by atoms with E-state index in [0.29, 0.717) is 23.1 Å². The minimum absolute atomic E-state index is 0.000628. The van der Waals surface area contributed by atoms with E-state index in [4.69, 9.17) is 15.5 Å². The highest BCUT2D eigenvalue weighted by atomic mass is 16.5. The third-order valence-electron chi connectivity index (χ3n) is 10.5. The van der Waals surface area contributed by atoms with Gasteiger partial charge in [-0.3, -0.25) is 9.59 Å². The average molecular weight is 614 g/mol. The first kappa shape index (κ1) is 27.4. The number of benzene rings is 3. The number of aromatic nitrogens is 5. The van der Waals surface area contributed by atoms with Crippen LogP contribution in [-0.2, 0) is 13.6 Å². The average Bonchev–Trinajstić information content (AvgIpc) is 3.47. The van der Waals surface area contributed by atoms with Crippen molar-refractivity contribution in [1.29, 1.82) is 0 Å². The number of imidazole rings is 1. The van der Waals surface area contributed by atoms with Gasteiger partial charge in [-0.05, 0) is 85.0 Å². The van der Waals surface area contributed by atoms with Crippen molar-refractivity contribution in [2.45, 2.75) is 44.3 Å². The minimum Gasteiger partial charge on any atom is -0.494 e. The van der Waals surface area contributed by atoms with Crippen LogP contribution in [0.15, 0.2) is 65.6 Å². The SMILES string of the molecule is COc1cc(C(=O)N2CC3CCC2[C@@H]3N)cc2nc(-c3cc4ccc(-c5ccc6[nH]c(=O)cnc6c5)cc4n3CC3CC3)n(C)c12. The summed E-state index contributed by atoms with van der Waals surface area (Å²) in [6, 6.07) is 18.6. The summed E-state index contributed by atoms with van der Waals surface area (Å²) in [6.45, 7) is 1.63. The molecule has 3 N–H and O–H groups in total. The van der Waals surface area contributed by atoms with Crippen LogP contribution in [0.1, 0.15) is 36.0 Å². The summed E-state index contributed by atoms with van der Waals surface area (Å²) in [5.74, 6) is 2.49. The molecule has 232 valence electrons. The molecule has 2 unspecified atom stereocenters. The summed E-state index contributed by atoms with van der Waals surface area (Å²) >= 11 is 0. The van der Waals surface area contributed by atoms with Crippen molar-refractivity contribution in [2.75, 3.05) is 13.7 Å². The topological polar surface area (TPSA) is 124 Å². The first-order valence-electron chi connectivity index (χ1n) is 16.1. The van der Waals surface area contributed by atoms with E-state index in [2.05, 4.69) is 43.4 Å². The molecule has 2 bridgehead atoms. The monoisotopic (exact) mass is 613 g/mol. The highest BCUT2D eigenvalue weighted by molar-refractivity contribution is 6.01. The molecule has 10 nitrogen and oxygen atoms in total. The Hall–Kier alpha value is -4.96. The second-order valence-electron chi connectivity index (χ2n) is 13.3. The number of nitrogens with two attached hydrogens (primary N) is 1. The number of hydrogen-bond acceptors (Lipinski definition) is 6. The molecule has 1 saturated heterocycles. The molecule has 3 aromatic heterocycles. The molecule has 3 fully saturated rings. The number of nitrogens with zero attached hydrogens (tertiary/aromatic N) is 5. The van der Waals surface area contributed by atoms with Gasteiger partial charge in [-0.15, -0.1) is 0 Å². The number of hydrogen-bond donors (Lipinski definition) is 2. The predicted octanol–water partition coefficient (Wildman–Crippen LogP) is 5.08. The van der Waals surface area contributed by atoms with Crippen molar-refractivity contribution in [3.8, 4) is 28.4 Å². The maximum Gasteiger partial charge on any atom is 0.266 e. The molecule has 0 radical (unpaired) electrons. The number of rotatable bonds is 6. The number of fused-ring (bicyclic) bond motifs is 5. The van der Waals surface area contributed by atoms with Gasteiger partial charge >= 0.3 is 0 Å². The third kappa shape index (κ3) is 4.20. The Morgan fingerprint density at radius 3 is 2.61 bits per heavy atom. The largest absolute Gasteiger partial charge is 0.494 e. The Bertz CT molecular complexity index is 2280. The van der Waals surface area contributed by atoms with Crippen molar-refractivity contribution in [2.24, 2.45) is 24.6 Å². The van der Waals surface area contributed by atoms with Crippen molar-refractivity contribution in [3.63, 3.8) is 0 Å². The van der Waals surface area contributed by atoms with E-state index in [1.54, 1.807) is 7.11 Å². The molecule has 2 saturated carbocycles. The fraction of sp³-hybridized carbons (Fsp3) is 0.333. The molecule has 1 amide bonds. The summed E-state index contributed by atoms with van der Waals surface area (Å²) in [4.78, 5) is 39.8. The summed E-state index contributed by atoms with van der Waals surface area (Å²) in [6.07, 6.45) is 5.82. The lowest BCUT2D eigenvalue weighted by Gasteiger charge is -2.27. The molecule has 46 heavy (non-hydrogen) atoms. The second-order valence-corrected chi connectivity index (χ2v) is 13.3. The van der Waals surface area contributed by atoms with Crippen LogP contribution >= 0.6 is 0 Å². The van der Waals surface area contributed by atoms with E-state index in [-0.39, 0.29) is 23.6 Å². The lowest BCUT2D eigenvalue weighted by Crippen LogP contribution is -2.41. The van der Waals surface area contributed by atoms with Crippen LogP contribution < -0.4 is 16.0 Å². The Morgan fingerprint density at radius 2 is 1.85 bits per heavy atom. The Morgan fingerprint density at radius 1 is 1.02 bits per heavy atom. The summed E-state index contributed by atoms with van der Waals surface area (Å²) in [7, 11) is 3.67. The van der Waals surface area contributed by atoms with E-state index in [9.17, 15) is 9.59 Å². The minimum atomic E-state index is -0.211. The maximum absolute atomic E-state index is 13.7. The smallest absolute Gasteiger partial charge is 0.266 e. The van der Waals surface area contributed by atoms with Crippen molar-refractivity contribution < 1.29 is 9.53 Å². The quantitative estimate of drug-likeness (QED) is 0.270. The highest BCUT2D eigenvalue weighted by Gasteiger charge is 2.47. The van der Waals surface area contributed by atoms with Crippen LogP contribution in [0.25, 0.3) is 55.6 Å². The van der Waals surface area contributed by atoms with Crippen molar-refractivity contribution in [3.05, 3.63) is 76.7 Å². The van der Waals surface area contributed by atoms with Crippen LogP contribution in [0.5, 0.6) is 5.75 Å². The molecule has 4 heterocycles. The van der Waals surface area contributed by atoms with Gasteiger partial charge in [0.25, 0.3) is 11.5 Å². The first-order valence-corrected chi connectivity index (χ1v) is 16.1. The van der Waals surface area contributed by atoms with Gasteiger partial charge < -0.3 is 29.5 Å². The van der Waals surface area contributed by atoms with Crippen LogP contribution in [-0.4, -0.2) is 60.6 Å². The number of likely N-dealkylation sites (tertiary alicyclic amines) is 1. The molecular formula is C36H35N7O3. The number of aryl methyl sites for hydroxylation is 1. The van der Waals surface area contributed by atoms with Gasteiger partial charge in [-0.2, -0.15) is 0 Å². The lowest BCUT2D eigenvalue weighted by molar-refractivity contribution is 0.0700. The number of methoxy groups -OCH3 is 1. The second kappa shape index (κ2) is 10.0. The molecule has 6 aromatic rings. The van der Waals surface area contributed by atoms with E-state index >= 15 is 0 Å². The third-order valence-corrected chi connectivity index (χ3v) is 10.5. The van der Waals surface area contributed by atoms with Crippen LogP contribution in [0, 0.1) is 11.8 Å². The number of ether oxygens (including phenoxy) is 1. The van der Waals surface area contributed by atoms with Crippen LogP contribution in [0.2, 0.25) is 0 Å². The van der Waals surface area contributed by atoms with Crippen LogP contribution in [0.3, 0.4) is 0 Å². The number of aromatic amines is 1. The summed E-state index contributed by atoms with van der Waals surface area (Å²) in [5.41, 5.74) is 14.2. The van der Waals surface area contributed by atoms with Gasteiger partial charge in [-0.1, -0.05) is 18.2 Å². The van der Waals surface area contributed by atoms with Gasteiger partial charge in [0.2, 0.25) is 0 Å². The van der Waals surface area contributed by atoms with Crippen LogP contribution in [0.4, 0.5) is 0 Å². The molecule has 3 atom stereocenters. The zero-order valence-corrected chi connectivity index (χ0v) is 25.9. The standard InChI is InChI=1S/C36H35N7O3/c1-41-34-27(12-24(15-31(34)46-2)36(45)43-18-23-8-10-28(43)33(23)37)40-35(41)30-14-22-6-5-21(13-29(22)42(30)17-19-3-4-19)20-7-9-25-26(11-20)38-16-32(44)39-25/h5-7,9,11-16,19,23,28,33H,3-4,8,10,17-18,37H2,1-2H3,(H,39,44)/t23?,28?,33-/m1/s1. The summed E-state index contributed by atoms with van der Waals surface area (Å²) < 4.78 is 10.4. The number of amides is 1. The normalized spacial score (nSPS) is 20.8. The molecule has 2 aliphatic carbocycles. The zero-order valence-electron chi connectivity index (χ0n) is 25.9. The Balaban J connectivity index is 1.15. The number of carbonyl (C=O) groups is 1. The highest BCUT2D eigenvalue weighted by Crippen LogP contribution is 2.41. The van der Waals surface area contributed by atoms with Gasteiger partial charge in [-0.25, -0.2) is 9.97 Å². The molecular weight excluding hydrogens is 578 g/mol. The van der Waals surface area contributed by atoms with E-state index in [0.717, 1.165) is 81.5 Å². The maximum atomic E-state index is 13.7. The van der Waals surface area contributed by atoms with Crippen molar-refractivity contribution in [1.82, 2.24) is 29.0 Å².